The van der Waals surface area contributed by atoms with E-state index in [1.165, 1.54) is 0 Å². The molecule has 12 heavy (non-hydrogen) atoms. The van der Waals surface area contributed by atoms with Gasteiger partial charge in [-0.15, -0.1) is 0 Å². The van der Waals surface area contributed by atoms with Crippen LogP contribution in [0.4, 0.5) is 0 Å². The van der Waals surface area contributed by atoms with E-state index >= 15 is 0 Å². The van der Waals surface area contributed by atoms with Gasteiger partial charge >= 0.3 is 6.02 Å². The van der Waals surface area contributed by atoms with E-state index < -0.39 is 0 Å². The fourth-order valence-electron chi connectivity index (χ4n) is 1.06. The Bertz CT molecular complexity index is 221. The largest absolute Gasteiger partial charge is 0.482 e. The number of nitrogens with zero attached hydrogens (tertiary/aromatic N) is 2. The molecule has 0 amide bonds. The molecule has 0 saturated carbocycles. The molecule has 1 atom stereocenters. The van der Waals surface area contributed by atoms with Gasteiger partial charge in [0.1, 0.15) is 6.04 Å². The van der Waals surface area contributed by atoms with Gasteiger partial charge in [-0.1, -0.05) is 13.8 Å². The van der Waals surface area contributed by atoms with Crippen molar-refractivity contribution in [3.05, 3.63) is 0 Å². The van der Waals surface area contributed by atoms with E-state index in [2.05, 4.69) is 23.8 Å². The predicted octanol–water partition coefficient (Wildman–Crippen LogP) is 1.07. The lowest BCUT2D eigenvalue weighted by Crippen LogP contribution is -2.22. The summed E-state index contributed by atoms with van der Waals surface area (Å²) in [4.78, 5) is 8.27. The average molecular weight is 170 g/mol. The highest BCUT2D eigenvalue weighted by atomic mass is 16.5. The van der Waals surface area contributed by atoms with Crippen LogP contribution < -0.4 is 0 Å². The van der Waals surface area contributed by atoms with Gasteiger partial charge in [0.25, 0.3) is 0 Å². The zero-order valence-electron chi connectivity index (χ0n) is 7.87. The van der Waals surface area contributed by atoms with E-state index in [0.29, 0.717) is 17.8 Å². The number of amidine groups is 1. The molecule has 4 nitrogen and oxygen atoms in total. The minimum absolute atomic E-state index is 0.0185. The molecule has 68 valence electrons. The van der Waals surface area contributed by atoms with Crippen LogP contribution in [0.3, 0.4) is 0 Å². The first-order chi connectivity index (χ1) is 5.69. The molecular formula is C8H14N2O2. The van der Waals surface area contributed by atoms with Crippen LogP contribution in [0, 0.1) is 5.92 Å². The van der Waals surface area contributed by atoms with Gasteiger partial charge in [0.2, 0.25) is 5.90 Å². The molecule has 0 N–H and O–H groups in total. The minimum Gasteiger partial charge on any atom is -0.482 e. The lowest BCUT2D eigenvalue weighted by Gasteiger charge is -2.11. The summed E-state index contributed by atoms with van der Waals surface area (Å²) in [6.45, 7) is 4.14. The van der Waals surface area contributed by atoms with E-state index in [0.717, 1.165) is 0 Å². The Morgan fingerprint density at radius 2 is 1.92 bits per heavy atom. The SMILES string of the molecule is COC1=NC(C(C)C)C(OC)=N1. The van der Waals surface area contributed by atoms with Crippen molar-refractivity contribution in [2.45, 2.75) is 19.9 Å². The highest BCUT2D eigenvalue weighted by Gasteiger charge is 2.26. The fraction of sp³-hybridized carbons (Fsp3) is 0.750. The second-order valence-corrected chi connectivity index (χ2v) is 2.96. The van der Waals surface area contributed by atoms with E-state index in [1.54, 1.807) is 14.2 Å². The maximum absolute atomic E-state index is 5.07. The van der Waals surface area contributed by atoms with Gasteiger partial charge in [0.15, 0.2) is 0 Å². The lowest BCUT2D eigenvalue weighted by molar-refractivity contribution is 0.370. The topological polar surface area (TPSA) is 43.2 Å². The zero-order chi connectivity index (χ0) is 9.14. The molecule has 1 rings (SSSR count). The molecule has 4 heteroatoms. The number of hydrogen-bond donors (Lipinski definition) is 0. The second kappa shape index (κ2) is 3.56. The third-order valence-electron chi connectivity index (χ3n) is 1.73. The summed E-state index contributed by atoms with van der Waals surface area (Å²) < 4.78 is 9.98. The second-order valence-electron chi connectivity index (χ2n) is 2.96. The summed E-state index contributed by atoms with van der Waals surface area (Å²) in [6, 6.07) is 0.426. The Balaban J connectivity index is 2.76. The van der Waals surface area contributed by atoms with Crippen LogP contribution in [-0.4, -0.2) is 32.2 Å². The fourth-order valence-corrected chi connectivity index (χ4v) is 1.06. The van der Waals surface area contributed by atoms with Crippen molar-refractivity contribution >= 4 is 11.9 Å². The molecule has 0 aromatic carbocycles. The lowest BCUT2D eigenvalue weighted by atomic mass is 10.1. The number of ether oxygens (including phenoxy) is 2. The van der Waals surface area contributed by atoms with Gasteiger partial charge in [-0.3, -0.25) is 0 Å². The molecule has 0 aromatic heterocycles. The summed E-state index contributed by atoms with van der Waals surface area (Å²) in [6.07, 6.45) is 0. The average Bonchev–Trinajstić information content (AvgIpc) is 2.47. The van der Waals surface area contributed by atoms with E-state index in [1.807, 2.05) is 0 Å². The molecule has 0 radical (unpaired) electrons. The molecule has 0 fully saturated rings. The first kappa shape index (κ1) is 9.03. The normalized spacial score (nSPS) is 22.2. The third-order valence-corrected chi connectivity index (χ3v) is 1.73. The Labute approximate surface area is 72.3 Å². The van der Waals surface area contributed by atoms with Gasteiger partial charge in [0, 0.05) is 0 Å². The molecule has 1 aliphatic heterocycles. The van der Waals surface area contributed by atoms with Gasteiger partial charge in [-0.25, -0.2) is 4.99 Å². The van der Waals surface area contributed by atoms with Gasteiger partial charge in [-0.2, -0.15) is 4.99 Å². The summed E-state index contributed by atoms with van der Waals surface area (Å²) in [5, 5.41) is 0. The van der Waals surface area contributed by atoms with Crippen molar-refractivity contribution in [1.82, 2.24) is 0 Å². The highest BCUT2D eigenvalue weighted by Crippen LogP contribution is 2.15. The summed E-state index contributed by atoms with van der Waals surface area (Å²) in [5.74, 6) is 1.03. The molecule has 1 unspecified atom stereocenters. The van der Waals surface area contributed by atoms with Gasteiger partial charge in [0.05, 0.1) is 14.2 Å². The summed E-state index contributed by atoms with van der Waals surface area (Å²) in [5.41, 5.74) is 0. The van der Waals surface area contributed by atoms with Crippen LogP contribution in [0.2, 0.25) is 0 Å². The third kappa shape index (κ3) is 1.57. The number of methoxy groups -OCH3 is 2. The molecule has 0 aromatic rings. The Morgan fingerprint density at radius 1 is 1.25 bits per heavy atom. The smallest absolute Gasteiger partial charge is 0.315 e. The highest BCUT2D eigenvalue weighted by molar-refractivity contribution is 5.98. The van der Waals surface area contributed by atoms with Crippen molar-refractivity contribution in [3.63, 3.8) is 0 Å². The summed E-state index contributed by atoms with van der Waals surface area (Å²) in [7, 11) is 3.15. The summed E-state index contributed by atoms with van der Waals surface area (Å²) >= 11 is 0. The molecule has 1 heterocycles. The molecule has 0 saturated heterocycles. The van der Waals surface area contributed by atoms with Crippen molar-refractivity contribution in [2.24, 2.45) is 15.9 Å². The molecule has 0 spiro atoms. The van der Waals surface area contributed by atoms with Crippen LogP contribution in [0.25, 0.3) is 0 Å². The number of aliphatic imine (C=N–C) groups is 2. The van der Waals surface area contributed by atoms with E-state index in [-0.39, 0.29) is 6.04 Å². The quantitative estimate of drug-likeness (QED) is 0.590. The maximum atomic E-state index is 5.07. The molecule has 0 aliphatic carbocycles. The zero-order valence-corrected chi connectivity index (χ0v) is 7.87. The Morgan fingerprint density at radius 3 is 2.25 bits per heavy atom. The first-order valence-corrected chi connectivity index (χ1v) is 3.93. The van der Waals surface area contributed by atoms with Gasteiger partial charge < -0.3 is 9.47 Å². The monoisotopic (exact) mass is 170 g/mol. The number of hydrogen-bond acceptors (Lipinski definition) is 4. The van der Waals surface area contributed by atoms with Crippen molar-refractivity contribution < 1.29 is 9.47 Å². The first-order valence-electron chi connectivity index (χ1n) is 3.93. The van der Waals surface area contributed by atoms with Crippen molar-refractivity contribution in [3.8, 4) is 0 Å². The molecule has 0 bridgehead atoms. The van der Waals surface area contributed by atoms with E-state index in [9.17, 15) is 0 Å². The Hall–Kier alpha value is -1.06. The van der Waals surface area contributed by atoms with Crippen LogP contribution in [0.15, 0.2) is 9.98 Å². The maximum Gasteiger partial charge on any atom is 0.315 e. The van der Waals surface area contributed by atoms with Crippen molar-refractivity contribution in [1.29, 1.82) is 0 Å². The van der Waals surface area contributed by atoms with Crippen LogP contribution >= 0.6 is 0 Å². The van der Waals surface area contributed by atoms with E-state index in [4.69, 9.17) is 9.47 Å². The van der Waals surface area contributed by atoms with Crippen LogP contribution in [0.1, 0.15) is 13.8 Å². The number of rotatable bonds is 1. The van der Waals surface area contributed by atoms with Crippen LogP contribution in [-0.2, 0) is 9.47 Å². The molecule has 1 aliphatic rings. The van der Waals surface area contributed by atoms with Crippen molar-refractivity contribution in [2.75, 3.05) is 14.2 Å². The standard InChI is InChI=1S/C8H14N2O2/c1-5(2)6-7(11-3)10-8(9-6)12-4/h5-6H,1-4H3. The molecular weight excluding hydrogens is 156 g/mol. The minimum atomic E-state index is 0.0185. The Kier molecular flexibility index (Phi) is 2.68. The van der Waals surface area contributed by atoms with Gasteiger partial charge in [-0.05, 0) is 5.92 Å². The van der Waals surface area contributed by atoms with Crippen LogP contribution in [0.5, 0.6) is 0 Å². The predicted molar refractivity (Wildman–Crippen MR) is 47.5 cm³/mol.